The second-order valence-corrected chi connectivity index (χ2v) is 6.14. The second kappa shape index (κ2) is 7.00. The van der Waals surface area contributed by atoms with Gasteiger partial charge in [0.1, 0.15) is 0 Å². The molecule has 1 aromatic carbocycles. The Hall–Kier alpha value is -1.46. The van der Waals surface area contributed by atoms with Gasteiger partial charge in [0.25, 0.3) is 5.69 Å². The molecule has 5 heteroatoms. The van der Waals surface area contributed by atoms with Crippen molar-refractivity contribution in [3.05, 3.63) is 39.4 Å². The van der Waals surface area contributed by atoms with Crippen molar-refractivity contribution >= 4 is 5.69 Å². The first-order chi connectivity index (χ1) is 9.99. The van der Waals surface area contributed by atoms with Crippen LogP contribution in [0.1, 0.15) is 56.6 Å². The first-order valence-corrected chi connectivity index (χ1v) is 7.67. The molecule has 21 heavy (non-hydrogen) atoms. The number of nitrogens with one attached hydrogen (secondary N) is 1. The number of nitro groups is 1. The Kier molecular flexibility index (Phi) is 5.31. The molecule has 0 amide bonds. The number of aliphatic hydroxyl groups excluding tert-OH is 1. The average Bonchev–Trinajstić information content (AvgIpc) is 2.46. The Morgan fingerprint density at radius 1 is 1.38 bits per heavy atom. The molecule has 0 radical (unpaired) electrons. The van der Waals surface area contributed by atoms with E-state index in [4.69, 9.17) is 0 Å². The van der Waals surface area contributed by atoms with Crippen LogP contribution in [0.3, 0.4) is 0 Å². The summed E-state index contributed by atoms with van der Waals surface area (Å²) in [5, 5.41) is 24.4. The van der Waals surface area contributed by atoms with Crippen molar-refractivity contribution in [3.63, 3.8) is 0 Å². The van der Waals surface area contributed by atoms with Gasteiger partial charge >= 0.3 is 0 Å². The third-order valence-corrected chi connectivity index (χ3v) is 4.21. The summed E-state index contributed by atoms with van der Waals surface area (Å²) < 4.78 is 0. The predicted molar refractivity (Wildman–Crippen MR) is 82.3 cm³/mol. The van der Waals surface area contributed by atoms with Crippen molar-refractivity contribution in [1.29, 1.82) is 0 Å². The molecule has 1 aliphatic rings. The van der Waals surface area contributed by atoms with Crippen LogP contribution in [-0.2, 0) is 6.54 Å². The average molecular weight is 292 g/mol. The zero-order chi connectivity index (χ0) is 15.4. The van der Waals surface area contributed by atoms with Crippen LogP contribution in [0.15, 0.2) is 18.2 Å². The first-order valence-electron chi connectivity index (χ1n) is 7.67. The van der Waals surface area contributed by atoms with Crippen molar-refractivity contribution < 1.29 is 10.0 Å². The van der Waals surface area contributed by atoms with E-state index in [1.165, 1.54) is 0 Å². The summed E-state index contributed by atoms with van der Waals surface area (Å²) in [7, 11) is 0. The molecule has 1 aliphatic carbocycles. The van der Waals surface area contributed by atoms with E-state index >= 15 is 0 Å². The molecule has 1 fully saturated rings. The lowest BCUT2D eigenvalue weighted by molar-refractivity contribution is -0.385. The summed E-state index contributed by atoms with van der Waals surface area (Å²) in [5.74, 6) is 0.132. The highest BCUT2D eigenvalue weighted by atomic mass is 16.6. The summed E-state index contributed by atoms with van der Waals surface area (Å²) in [4.78, 5) is 10.9. The fraction of sp³-hybridized carbons (Fsp3) is 0.625. The molecule has 2 rings (SSSR count). The minimum atomic E-state index is -0.311. The van der Waals surface area contributed by atoms with Crippen molar-refractivity contribution in [2.45, 2.75) is 64.1 Å². The highest BCUT2D eigenvalue weighted by Gasteiger charge is 2.23. The SMILES string of the molecule is CC(C)c1ccc(CNC2CCCCC2O)cc1[N+](=O)[O-]. The van der Waals surface area contributed by atoms with Crippen molar-refractivity contribution in [2.24, 2.45) is 0 Å². The Morgan fingerprint density at radius 2 is 2.10 bits per heavy atom. The summed E-state index contributed by atoms with van der Waals surface area (Å²) in [5.41, 5.74) is 1.85. The molecular weight excluding hydrogens is 268 g/mol. The predicted octanol–water partition coefficient (Wildman–Crippen LogP) is 3.11. The Bertz CT molecular complexity index is 502. The molecule has 5 nitrogen and oxygen atoms in total. The molecule has 2 N–H and O–H groups in total. The molecule has 1 aromatic rings. The van der Waals surface area contributed by atoms with Crippen LogP contribution >= 0.6 is 0 Å². The maximum atomic E-state index is 11.2. The first kappa shape index (κ1) is 15.9. The fourth-order valence-electron chi connectivity index (χ4n) is 2.94. The van der Waals surface area contributed by atoms with Gasteiger partial charge in [0.15, 0.2) is 0 Å². The van der Waals surface area contributed by atoms with Gasteiger partial charge in [-0.3, -0.25) is 10.1 Å². The Balaban J connectivity index is 2.06. The number of aliphatic hydroxyl groups is 1. The smallest absolute Gasteiger partial charge is 0.273 e. The zero-order valence-electron chi connectivity index (χ0n) is 12.7. The van der Waals surface area contributed by atoms with Crippen LogP contribution < -0.4 is 5.32 Å². The molecule has 0 saturated heterocycles. The monoisotopic (exact) mass is 292 g/mol. The summed E-state index contributed by atoms with van der Waals surface area (Å²) >= 11 is 0. The largest absolute Gasteiger partial charge is 0.392 e. The van der Waals surface area contributed by atoms with E-state index in [9.17, 15) is 15.2 Å². The molecular formula is C16H24N2O3. The van der Waals surface area contributed by atoms with E-state index in [-0.39, 0.29) is 28.7 Å². The highest BCUT2D eigenvalue weighted by Crippen LogP contribution is 2.27. The zero-order valence-corrected chi connectivity index (χ0v) is 12.7. The van der Waals surface area contributed by atoms with Crippen LogP contribution in [0.5, 0.6) is 0 Å². The minimum Gasteiger partial charge on any atom is -0.392 e. The van der Waals surface area contributed by atoms with Crippen molar-refractivity contribution in [3.8, 4) is 0 Å². The standard InChI is InChI=1S/C16H24N2O3/c1-11(2)13-8-7-12(9-15(13)18(20)21)10-17-14-5-3-4-6-16(14)19/h7-9,11,14,16-17,19H,3-6,10H2,1-2H3. The molecule has 1 saturated carbocycles. The maximum absolute atomic E-state index is 11.2. The molecule has 0 bridgehead atoms. The van der Waals surface area contributed by atoms with Gasteiger partial charge in [-0.15, -0.1) is 0 Å². The molecule has 0 spiro atoms. The second-order valence-electron chi connectivity index (χ2n) is 6.14. The van der Waals surface area contributed by atoms with E-state index in [0.717, 1.165) is 36.8 Å². The van der Waals surface area contributed by atoms with Crippen LogP contribution in [0.4, 0.5) is 5.69 Å². The van der Waals surface area contributed by atoms with E-state index in [1.54, 1.807) is 6.07 Å². The third-order valence-electron chi connectivity index (χ3n) is 4.21. The molecule has 116 valence electrons. The number of hydrogen-bond donors (Lipinski definition) is 2. The van der Waals surface area contributed by atoms with E-state index in [1.807, 2.05) is 26.0 Å². The Labute approximate surface area is 125 Å². The molecule has 0 aromatic heterocycles. The summed E-state index contributed by atoms with van der Waals surface area (Å²) in [6.45, 7) is 4.47. The van der Waals surface area contributed by atoms with Gasteiger partial charge < -0.3 is 10.4 Å². The topological polar surface area (TPSA) is 75.4 Å². The fourth-order valence-corrected chi connectivity index (χ4v) is 2.94. The van der Waals surface area contributed by atoms with Crippen molar-refractivity contribution in [2.75, 3.05) is 0 Å². The lowest BCUT2D eigenvalue weighted by Gasteiger charge is -2.28. The van der Waals surface area contributed by atoms with Gasteiger partial charge in [-0.1, -0.05) is 38.8 Å². The maximum Gasteiger partial charge on any atom is 0.273 e. The highest BCUT2D eigenvalue weighted by molar-refractivity contribution is 5.45. The van der Waals surface area contributed by atoms with Crippen LogP contribution in [0.2, 0.25) is 0 Å². The lowest BCUT2D eigenvalue weighted by atomic mass is 9.92. The summed E-state index contributed by atoms with van der Waals surface area (Å²) in [6, 6.07) is 5.53. The van der Waals surface area contributed by atoms with Crippen LogP contribution in [-0.4, -0.2) is 22.2 Å². The number of nitrogens with zero attached hydrogens (tertiary/aromatic N) is 1. The molecule has 0 aliphatic heterocycles. The summed E-state index contributed by atoms with van der Waals surface area (Å²) in [6.07, 6.45) is 3.70. The number of rotatable bonds is 5. The molecule has 2 atom stereocenters. The normalized spacial score (nSPS) is 22.5. The Morgan fingerprint density at radius 3 is 2.71 bits per heavy atom. The minimum absolute atomic E-state index is 0.0996. The number of nitro benzene ring substituents is 1. The lowest BCUT2D eigenvalue weighted by Crippen LogP contribution is -2.41. The van der Waals surface area contributed by atoms with Gasteiger partial charge in [-0.05, 0) is 24.3 Å². The van der Waals surface area contributed by atoms with E-state index in [2.05, 4.69) is 5.32 Å². The van der Waals surface area contributed by atoms with Crippen LogP contribution in [0, 0.1) is 10.1 Å². The van der Waals surface area contributed by atoms with Gasteiger partial charge in [0, 0.05) is 24.2 Å². The van der Waals surface area contributed by atoms with E-state index < -0.39 is 0 Å². The van der Waals surface area contributed by atoms with Gasteiger partial charge in [0.05, 0.1) is 11.0 Å². The quantitative estimate of drug-likeness (QED) is 0.646. The van der Waals surface area contributed by atoms with Crippen LogP contribution in [0.25, 0.3) is 0 Å². The molecule has 0 heterocycles. The third kappa shape index (κ3) is 4.02. The number of benzene rings is 1. The van der Waals surface area contributed by atoms with E-state index in [0.29, 0.717) is 6.54 Å². The van der Waals surface area contributed by atoms with Crippen molar-refractivity contribution in [1.82, 2.24) is 5.32 Å². The van der Waals surface area contributed by atoms with Gasteiger partial charge in [-0.2, -0.15) is 0 Å². The van der Waals surface area contributed by atoms with Gasteiger partial charge in [0.2, 0.25) is 0 Å². The number of hydrogen-bond acceptors (Lipinski definition) is 4. The molecule has 2 unspecified atom stereocenters. The van der Waals surface area contributed by atoms with Gasteiger partial charge in [-0.25, -0.2) is 0 Å².